The van der Waals surface area contributed by atoms with Crippen LogP contribution >= 0.6 is 0 Å². The first-order valence-electron chi connectivity index (χ1n) is 10.1. The second-order valence-corrected chi connectivity index (χ2v) is 7.86. The van der Waals surface area contributed by atoms with Gasteiger partial charge in [0, 0.05) is 5.56 Å². The summed E-state index contributed by atoms with van der Waals surface area (Å²) in [6.07, 6.45) is 0.955. The average Bonchev–Trinajstić information content (AvgIpc) is 2.96. The first-order chi connectivity index (χ1) is 14.7. The minimum atomic E-state index is -1.10. The molecule has 0 aliphatic carbocycles. The summed E-state index contributed by atoms with van der Waals surface area (Å²) in [6.45, 7) is 5.42. The summed E-state index contributed by atoms with van der Waals surface area (Å²) in [6, 6.07) is 13.7. The molecule has 1 unspecified atom stereocenters. The van der Waals surface area contributed by atoms with Crippen LogP contribution in [0.3, 0.4) is 0 Å². The number of hydrazine groups is 1. The highest BCUT2D eigenvalue weighted by molar-refractivity contribution is 6.09. The molecule has 1 saturated heterocycles. The fourth-order valence-corrected chi connectivity index (χ4v) is 3.32. The second kappa shape index (κ2) is 9.07. The van der Waals surface area contributed by atoms with E-state index in [1.807, 2.05) is 44.2 Å². The van der Waals surface area contributed by atoms with Crippen molar-refractivity contribution in [3.05, 3.63) is 59.7 Å². The van der Waals surface area contributed by atoms with Crippen molar-refractivity contribution in [3.8, 4) is 11.5 Å². The van der Waals surface area contributed by atoms with E-state index in [4.69, 9.17) is 9.47 Å². The fourth-order valence-electron chi connectivity index (χ4n) is 3.32. The zero-order chi connectivity index (χ0) is 22.6. The summed E-state index contributed by atoms with van der Waals surface area (Å²) in [4.78, 5) is 38.0. The molecule has 8 nitrogen and oxygen atoms in total. The van der Waals surface area contributed by atoms with Crippen LogP contribution in [0.1, 0.15) is 43.1 Å². The molecule has 2 aromatic rings. The molecular weight excluding hydrogens is 398 g/mol. The number of nitrogens with one attached hydrogen (secondary N) is 2. The summed E-state index contributed by atoms with van der Waals surface area (Å²) in [7, 11) is 1.47. The predicted octanol–water partition coefficient (Wildman–Crippen LogP) is 3.07. The molecule has 8 heteroatoms. The summed E-state index contributed by atoms with van der Waals surface area (Å²) < 4.78 is 10.9. The van der Waals surface area contributed by atoms with Crippen LogP contribution < -0.4 is 20.2 Å². The molecule has 0 saturated carbocycles. The third-order valence-electron chi connectivity index (χ3n) is 5.02. The van der Waals surface area contributed by atoms with E-state index in [0.29, 0.717) is 24.3 Å². The van der Waals surface area contributed by atoms with Crippen molar-refractivity contribution in [2.75, 3.05) is 7.11 Å². The van der Waals surface area contributed by atoms with Crippen molar-refractivity contribution < 1.29 is 23.9 Å². The molecule has 1 fully saturated rings. The van der Waals surface area contributed by atoms with Gasteiger partial charge in [0.2, 0.25) is 0 Å². The number of rotatable bonds is 8. The van der Waals surface area contributed by atoms with Gasteiger partial charge >= 0.3 is 6.03 Å². The molecule has 1 atom stereocenters. The predicted molar refractivity (Wildman–Crippen MR) is 115 cm³/mol. The van der Waals surface area contributed by atoms with Crippen molar-refractivity contribution in [1.82, 2.24) is 15.8 Å². The highest BCUT2D eigenvalue weighted by Gasteiger charge is 2.48. The monoisotopic (exact) mass is 425 g/mol. The van der Waals surface area contributed by atoms with Gasteiger partial charge in [0.25, 0.3) is 11.8 Å². The Morgan fingerprint density at radius 2 is 1.84 bits per heavy atom. The molecule has 1 aliphatic heterocycles. The number of urea groups is 1. The minimum absolute atomic E-state index is 0.0620. The van der Waals surface area contributed by atoms with E-state index in [2.05, 4.69) is 10.7 Å². The van der Waals surface area contributed by atoms with Crippen molar-refractivity contribution in [2.45, 2.75) is 45.3 Å². The Labute approximate surface area is 181 Å². The van der Waals surface area contributed by atoms with Crippen LogP contribution in [-0.2, 0) is 11.2 Å². The highest BCUT2D eigenvalue weighted by atomic mass is 16.5. The Balaban J connectivity index is 1.70. The first kappa shape index (κ1) is 22.1. The van der Waals surface area contributed by atoms with Gasteiger partial charge in [0.15, 0.2) is 11.5 Å². The Kier molecular flexibility index (Phi) is 6.48. The van der Waals surface area contributed by atoms with Crippen molar-refractivity contribution in [3.63, 3.8) is 0 Å². The van der Waals surface area contributed by atoms with Crippen LogP contribution in [0.15, 0.2) is 48.5 Å². The van der Waals surface area contributed by atoms with E-state index in [-0.39, 0.29) is 11.7 Å². The number of aryl methyl sites for hydroxylation is 1. The van der Waals surface area contributed by atoms with Crippen LogP contribution in [0, 0.1) is 0 Å². The van der Waals surface area contributed by atoms with Gasteiger partial charge in [-0.1, -0.05) is 30.3 Å². The van der Waals surface area contributed by atoms with E-state index in [9.17, 15) is 14.4 Å². The standard InChI is InChI=1S/C23H27N3O5/c1-15(2)31-18-11-10-17(14-19(18)30-4)20(27)25-26-21(28)23(3,24-22(26)29)13-12-16-8-6-5-7-9-16/h5-11,14-15H,12-13H2,1-4H3,(H,24,29)(H,25,27). The van der Waals surface area contributed by atoms with Crippen LogP contribution in [0.2, 0.25) is 0 Å². The maximum Gasteiger partial charge on any atom is 0.344 e. The van der Waals surface area contributed by atoms with Gasteiger partial charge < -0.3 is 14.8 Å². The van der Waals surface area contributed by atoms with Gasteiger partial charge in [-0.2, -0.15) is 5.01 Å². The maximum atomic E-state index is 12.9. The SMILES string of the molecule is COc1cc(C(=O)NN2C(=O)NC(C)(CCc3ccccc3)C2=O)ccc1OC(C)C. The van der Waals surface area contributed by atoms with E-state index < -0.39 is 23.4 Å². The number of hydrogen-bond donors (Lipinski definition) is 2. The molecule has 0 radical (unpaired) electrons. The fraction of sp³-hybridized carbons (Fsp3) is 0.348. The van der Waals surface area contributed by atoms with Crippen LogP contribution in [0.25, 0.3) is 0 Å². The van der Waals surface area contributed by atoms with E-state index in [1.165, 1.54) is 13.2 Å². The lowest BCUT2D eigenvalue weighted by atomic mass is 9.93. The van der Waals surface area contributed by atoms with Crippen molar-refractivity contribution in [1.29, 1.82) is 0 Å². The van der Waals surface area contributed by atoms with Gasteiger partial charge in [0.05, 0.1) is 13.2 Å². The third kappa shape index (κ3) is 4.96. The zero-order valence-electron chi connectivity index (χ0n) is 18.1. The Bertz CT molecular complexity index is 976. The molecule has 2 N–H and O–H groups in total. The second-order valence-electron chi connectivity index (χ2n) is 7.86. The van der Waals surface area contributed by atoms with Gasteiger partial charge in [-0.3, -0.25) is 15.0 Å². The number of benzene rings is 2. The number of amides is 4. The zero-order valence-corrected chi connectivity index (χ0v) is 18.1. The minimum Gasteiger partial charge on any atom is -0.493 e. The van der Waals surface area contributed by atoms with Crippen LogP contribution in [-0.4, -0.2) is 41.6 Å². The van der Waals surface area contributed by atoms with Crippen LogP contribution in [0.4, 0.5) is 4.79 Å². The average molecular weight is 425 g/mol. The normalized spacial score (nSPS) is 18.2. The molecule has 164 valence electrons. The summed E-state index contributed by atoms with van der Waals surface area (Å²) in [5, 5.41) is 3.42. The van der Waals surface area contributed by atoms with Crippen molar-refractivity contribution in [2.24, 2.45) is 0 Å². The smallest absolute Gasteiger partial charge is 0.344 e. The molecular formula is C23H27N3O5. The topological polar surface area (TPSA) is 97.0 Å². The number of carbonyl (C=O) groups excluding carboxylic acids is 3. The molecule has 0 aromatic heterocycles. The number of ether oxygens (including phenoxy) is 2. The Hall–Kier alpha value is -3.55. The third-order valence-corrected chi connectivity index (χ3v) is 5.02. The number of imide groups is 1. The Morgan fingerprint density at radius 1 is 1.13 bits per heavy atom. The molecule has 2 aromatic carbocycles. The largest absolute Gasteiger partial charge is 0.493 e. The molecule has 4 amide bonds. The lowest BCUT2D eigenvalue weighted by molar-refractivity contribution is -0.132. The molecule has 1 heterocycles. The number of carbonyl (C=O) groups is 3. The molecule has 0 bridgehead atoms. The summed E-state index contributed by atoms with van der Waals surface area (Å²) in [5.74, 6) is -0.234. The lowest BCUT2D eigenvalue weighted by Crippen LogP contribution is -2.48. The molecule has 0 spiro atoms. The lowest BCUT2D eigenvalue weighted by Gasteiger charge is -2.21. The quantitative estimate of drug-likeness (QED) is 0.634. The van der Waals surface area contributed by atoms with Crippen LogP contribution in [0.5, 0.6) is 11.5 Å². The summed E-state index contributed by atoms with van der Waals surface area (Å²) in [5.41, 5.74) is 2.58. The van der Waals surface area contributed by atoms with Gasteiger partial charge in [-0.25, -0.2) is 4.79 Å². The number of methoxy groups -OCH3 is 1. The van der Waals surface area contributed by atoms with E-state index >= 15 is 0 Å². The van der Waals surface area contributed by atoms with Gasteiger partial charge in [0.1, 0.15) is 5.54 Å². The Morgan fingerprint density at radius 3 is 2.48 bits per heavy atom. The van der Waals surface area contributed by atoms with Gasteiger partial charge in [-0.15, -0.1) is 0 Å². The van der Waals surface area contributed by atoms with Crippen molar-refractivity contribution >= 4 is 17.8 Å². The molecule has 31 heavy (non-hydrogen) atoms. The first-order valence-corrected chi connectivity index (χ1v) is 10.1. The number of hydrogen-bond acceptors (Lipinski definition) is 5. The van der Waals surface area contributed by atoms with E-state index in [1.54, 1.807) is 19.1 Å². The molecule has 1 aliphatic rings. The molecule has 3 rings (SSSR count). The maximum absolute atomic E-state index is 12.9. The van der Waals surface area contributed by atoms with E-state index in [0.717, 1.165) is 10.6 Å². The van der Waals surface area contributed by atoms with Gasteiger partial charge in [-0.05, 0) is 57.4 Å². The summed E-state index contributed by atoms with van der Waals surface area (Å²) >= 11 is 0. The highest BCUT2D eigenvalue weighted by Crippen LogP contribution is 2.29. The number of nitrogens with zero attached hydrogens (tertiary/aromatic N) is 1.